The van der Waals surface area contributed by atoms with E-state index in [2.05, 4.69) is 22.0 Å². The Morgan fingerprint density at radius 3 is 2.50 bits per heavy atom. The maximum atomic E-state index is 13.5. The molecule has 214 valence electrons. The van der Waals surface area contributed by atoms with Gasteiger partial charge >= 0.3 is 12.3 Å². The molecule has 0 bridgehead atoms. The number of aryl methyl sites for hydroxylation is 2. The Balaban J connectivity index is 1.50. The van der Waals surface area contributed by atoms with E-state index >= 15 is 0 Å². The third kappa shape index (κ3) is 5.53. The average molecular weight is 556 g/mol. The van der Waals surface area contributed by atoms with Crippen LogP contribution in [-0.4, -0.2) is 44.8 Å². The van der Waals surface area contributed by atoms with E-state index in [0.29, 0.717) is 17.2 Å². The van der Waals surface area contributed by atoms with Crippen LogP contribution >= 0.6 is 0 Å². The number of rotatable bonds is 7. The molecule has 2 atom stereocenters. The van der Waals surface area contributed by atoms with Gasteiger partial charge < -0.3 is 9.64 Å². The monoisotopic (exact) mass is 555 g/mol. The third-order valence-corrected chi connectivity index (χ3v) is 8.20. The number of carbonyl (C=O) groups excluding carboxylic acids is 1. The number of nitrogens with one attached hydrogen (secondary N) is 1. The summed E-state index contributed by atoms with van der Waals surface area (Å²) in [5, 5.41) is 7.11. The minimum atomic E-state index is -4.48. The molecule has 1 saturated carbocycles. The Morgan fingerprint density at radius 1 is 1.10 bits per heavy atom. The van der Waals surface area contributed by atoms with Gasteiger partial charge in [0, 0.05) is 41.2 Å². The molecule has 1 amide bonds. The van der Waals surface area contributed by atoms with E-state index in [-0.39, 0.29) is 6.54 Å². The largest absolute Gasteiger partial charge is 0.439 e. The highest BCUT2D eigenvalue weighted by Gasteiger charge is 2.41. The van der Waals surface area contributed by atoms with E-state index in [4.69, 9.17) is 9.72 Å². The summed E-state index contributed by atoms with van der Waals surface area (Å²) in [6.07, 6.45) is 3.53. The zero-order chi connectivity index (χ0) is 28.6. The molecular formula is C30H36F3N5O2. The third-order valence-electron chi connectivity index (χ3n) is 8.20. The second-order valence-corrected chi connectivity index (χ2v) is 11.0. The van der Waals surface area contributed by atoms with E-state index in [1.807, 2.05) is 26.1 Å². The number of aromatic amines is 1. The van der Waals surface area contributed by atoms with Crippen LogP contribution in [0.15, 0.2) is 36.7 Å². The Kier molecular flexibility index (Phi) is 7.79. The maximum Gasteiger partial charge on any atom is 0.416 e. The van der Waals surface area contributed by atoms with Crippen LogP contribution < -0.4 is 4.90 Å². The predicted octanol–water partition coefficient (Wildman–Crippen LogP) is 7.35. The van der Waals surface area contributed by atoms with Crippen molar-refractivity contribution in [2.75, 3.05) is 11.4 Å². The molecule has 1 aliphatic carbocycles. The number of hydrogen-bond acceptors (Lipinski definition) is 5. The van der Waals surface area contributed by atoms with Gasteiger partial charge in [0.25, 0.3) is 0 Å². The summed E-state index contributed by atoms with van der Waals surface area (Å²) in [5.41, 5.74) is 3.65. The highest BCUT2D eigenvalue weighted by molar-refractivity contribution is 5.72. The molecule has 5 rings (SSSR count). The van der Waals surface area contributed by atoms with Crippen molar-refractivity contribution in [3.05, 3.63) is 64.6 Å². The van der Waals surface area contributed by atoms with Gasteiger partial charge in [-0.05, 0) is 64.3 Å². The molecule has 3 aromatic rings. The van der Waals surface area contributed by atoms with Crippen molar-refractivity contribution < 1.29 is 22.7 Å². The van der Waals surface area contributed by atoms with Gasteiger partial charge in [0.15, 0.2) is 0 Å². The molecule has 40 heavy (non-hydrogen) atoms. The SMILES string of the molecule is CCN(c1ncc(-c2cn[nH]c2C)cc1CN1C(=O)O[C@H](c2cc(C)cc(C(F)(F)F)c2)[C@@H]1C)C1CCCCC1. The van der Waals surface area contributed by atoms with Crippen LogP contribution in [0.1, 0.15) is 80.0 Å². The summed E-state index contributed by atoms with van der Waals surface area (Å²) in [6, 6.07) is 5.79. The lowest BCUT2D eigenvalue weighted by Crippen LogP contribution is -2.39. The predicted molar refractivity (Wildman–Crippen MR) is 147 cm³/mol. The fraction of sp³-hybridized carbons (Fsp3) is 0.500. The quantitative estimate of drug-likeness (QED) is 0.330. The Morgan fingerprint density at radius 2 is 1.85 bits per heavy atom. The number of cyclic esters (lactones) is 1. The molecule has 0 spiro atoms. The second-order valence-electron chi connectivity index (χ2n) is 11.0. The van der Waals surface area contributed by atoms with Crippen LogP contribution in [0.2, 0.25) is 0 Å². The number of hydrogen-bond donors (Lipinski definition) is 1. The summed E-state index contributed by atoms with van der Waals surface area (Å²) in [6.45, 7) is 8.50. The van der Waals surface area contributed by atoms with Gasteiger partial charge in [-0.1, -0.05) is 30.9 Å². The average Bonchev–Trinajstić information content (AvgIpc) is 3.47. The summed E-state index contributed by atoms with van der Waals surface area (Å²) in [4.78, 5) is 22.0. The lowest BCUT2D eigenvalue weighted by atomic mass is 9.93. The van der Waals surface area contributed by atoms with Crippen LogP contribution in [0.3, 0.4) is 0 Å². The van der Waals surface area contributed by atoms with Crippen LogP contribution in [0, 0.1) is 13.8 Å². The van der Waals surface area contributed by atoms with Crippen molar-refractivity contribution in [2.24, 2.45) is 0 Å². The molecule has 1 aliphatic heterocycles. The second kappa shape index (κ2) is 11.1. The number of benzene rings is 1. The highest BCUT2D eigenvalue weighted by atomic mass is 19.4. The van der Waals surface area contributed by atoms with Gasteiger partial charge in [-0.25, -0.2) is 9.78 Å². The van der Waals surface area contributed by atoms with Crippen LogP contribution in [0.4, 0.5) is 23.8 Å². The number of nitrogens with zero attached hydrogens (tertiary/aromatic N) is 4. The van der Waals surface area contributed by atoms with Gasteiger partial charge in [-0.2, -0.15) is 18.3 Å². The molecular weight excluding hydrogens is 519 g/mol. The van der Waals surface area contributed by atoms with E-state index in [9.17, 15) is 18.0 Å². The molecule has 3 heterocycles. The van der Waals surface area contributed by atoms with Crippen molar-refractivity contribution in [3.8, 4) is 11.1 Å². The van der Waals surface area contributed by atoms with Gasteiger partial charge in [0.05, 0.1) is 24.3 Å². The summed E-state index contributed by atoms with van der Waals surface area (Å²) < 4.78 is 46.3. The summed E-state index contributed by atoms with van der Waals surface area (Å²) in [7, 11) is 0. The lowest BCUT2D eigenvalue weighted by Gasteiger charge is -2.36. The number of H-pyrrole nitrogens is 1. The topological polar surface area (TPSA) is 74.4 Å². The zero-order valence-electron chi connectivity index (χ0n) is 23.4. The Hall–Kier alpha value is -3.56. The Labute approximate surface area is 232 Å². The molecule has 1 N–H and O–H groups in total. The van der Waals surface area contributed by atoms with E-state index < -0.39 is 30.0 Å². The van der Waals surface area contributed by atoms with Gasteiger partial charge in [0.1, 0.15) is 11.9 Å². The first-order valence-electron chi connectivity index (χ1n) is 14.0. The molecule has 2 aromatic heterocycles. The normalized spacial score (nSPS) is 20.2. The van der Waals surface area contributed by atoms with E-state index in [1.165, 1.54) is 19.3 Å². The fourth-order valence-corrected chi connectivity index (χ4v) is 6.12. The van der Waals surface area contributed by atoms with Crippen molar-refractivity contribution in [3.63, 3.8) is 0 Å². The number of carbonyl (C=O) groups is 1. The smallest absolute Gasteiger partial charge is 0.416 e. The van der Waals surface area contributed by atoms with E-state index in [1.54, 1.807) is 24.1 Å². The van der Waals surface area contributed by atoms with Crippen LogP contribution in [0.5, 0.6) is 0 Å². The number of ether oxygens (including phenoxy) is 1. The highest BCUT2D eigenvalue weighted by Crippen LogP contribution is 2.39. The van der Waals surface area contributed by atoms with E-state index in [0.717, 1.165) is 59.7 Å². The number of amides is 1. The van der Waals surface area contributed by atoms with Crippen molar-refractivity contribution in [1.29, 1.82) is 0 Å². The van der Waals surface area contributed by atoms with Crippen molar-refractivity contribution in [2.45, 2.75) is 90.7 Å². The minimum Gasteiger partial charge on any atom is -0.439 e. The molecule has 0 unspecified atom stereocenters. The molecule has 10 heteroatoms. The molecule has 2 aliphatic rings. The molecule has 1 saturated heterocycles. The van der Waals surface area contributed by atoms with Gasteiger partial charge in [0.2, 0.25) is 0 Å². The van der Waals surface area contributed by atoms with Crippen LogP contribution in [-0.2, 0) is 17.5 Å². The van der Waals surface area contributed by atoms with Gasteiger partial charge in [-0.3, -0.25) is 10.00 Å². The summed E-state index contributed by atoms with van der Waals surface area (Å²) in [5.74, 6) is 0.831. The van der Waals surface area contributed by atoms with Crippen molar-refractivity contribution in [1.82, 2.24) is 20.1 Å². The first kappa shape index (κ1) is 28.0. The van der Waals surface area contributed by atoms with Crippen LogP contribution in [0.25, 0.3) is 11.1 Å². The molecule has 1 aromatic carbocycles. The lowest BCUT2D eigenvalue weighted by molar-refractivity contribution is -0.137. The fourth-order valence-electron chi connectivity index (χ4n) is 6.12. The maximum absolute atomic E-state index is 13.5. The number of pyridine rings is 1. The first-order valence-corrected chi connectivity index (χ1v) is 14.0. The molecule has 2 fully saturated rings. The standard InChI is InChI=1S/C30H36F3N5O2/c1-5-37(25-9-7-6-8-10-25)28-23(13-22(15-34-28)26-16-35-36-19(26)3)17-38-20(4)27(40-29(38)39)21-11-18(2)12-24(14-21)30(31,32)33/h11-16,20,25,27H,5-10,17H2,1-4H3,(H,35,36)/t20-,27-/m0/s1. The first-order chi connectivity index (χ1) is 19.1. The zero-order valence-corrected chi connectivity index (χ0v) is 23.4. The summed E-state index contributed by atoms with van der Waals surface area (Å²) >= 11 is 0. The number of halogens is 3. The van der Waals surface area contributed by atoms with Gasteiger partial charge in [-0.15, -0.1) is 0 Å². The Bertz CT molecular complexity index is 1370. The molecule has 7 nitrogen and oxygen atoms in total. The minimum absolute atomic E-state index is 0.227. The number of alkyl halides is 3. The molecule has 0 radical (unpaired) electrons. The number of anilines is 1. The number of aromatic nitrogens is 3. The van der Waals surface area contributed by atoms with Crippen molar-refractivity contribution >= 4 is 11.9 Å².